The summed E-state index contributed by atoms with van der Waals surface area (Å²) in [5, 5.41) is 3.87. The fraction of sp³-hybridized carbons (Fsp3) is 0.600. The first kappa shape index (κ1) is 15.8. The Morgan fingerprint density at radius 3 is 2.47 bits per heavy atom. The molecule has 0 bridgehead atoms. The number of nitrogens with one attached hydrogen (secondary N) is 1. The van der Waals surface area contributed by atoms with Crippen LogP contribution in [0, 0.1) is 19.3 Å². The number of nitrogens with zero attached hydrogens (tertiary/aromatic N) is 2. The molecule has 0 saturated heterocycles. The van der Waals surface area contributed by atoms with Crippen LogP contribution in [0.5, 0.6) is 0 Å². The second kappa shape index (κ2) is 6.25. The van der Waals surface area contributed by atoms with Gasteiger partial charge in [-0.2, -0.15) is 0 Å². The smallest absolute Gasteiger partial charge is 0.137 e. The van der Waals surface area contributed by atoms with Crippen LogP contribution in [0.3, 0.4) is 0 Å². The summed E-state index contributed by atoms with van der Waals surface area (Å²) in [6.45, 7) is 10.2. The molecule has 1 N–H and O–H groups in total. The molecule has 104 valence electrons. The lowest BCUT2D eigenvalue weighted by molar-refractivity contribution is 0.544. The molecule has 1 rings (SSSR count). The zero-order valence-electron chi connectivity index (χ0n) is 12.3. The molecule has 0 spiro atoms. The van der Waals surface area contributed by atoms with Gasteiger partial charge in [-0.1, -0.05) is 39.3 Å². The summed E-state index contributed by atoms with van der Waals surface area (Å²) in [5.41, 5.74) is 0.729. The predicted octanol–water partition coefficient (Wildman–Crippen LogP) is 3.95. The van der Waals surface area contributed by atoms with Crippen molar-refractivity contribution in [2.75, 3.05) is 5.32 Å². The molecule has 3 nitrogen and oxygen atoms in total. The maximum absolute atomic E-state index is 6.20. The standard InChI is InChI=1S/C15H22ClN3/c1-7-9-11(8-2)17-13-10(3)12(16)18-14(19-13)15(4,5)6/h1,11H,8-9H2,2-6H3,(H,17,18,19). The van der Waals surface area contributed by atoms with E-state index in [1.54, 1.807) is 0 Å². The second-order valence-corrected chi connectivity index (χ2v) is 6.08. The Morgan fingerprint density at radius 2 is 2.00 bits per heavy atom. The predicted molar refractivity (Wildman–Crippen MR) is 81.6 cm³/mol. The van der Waals surface area contributed by atoms with E-state index in [1.165, 1.54) is 0 Å². The van der Waals surface area contributed by atoms with Crippen molar-refractivity contribution in [2.24, 2.45) is 0 Å². The quantitative estimate of drug-likeness (QED) is 0.670. The van der Waals surface area contributed by atoms with Crippen molar-refractivity contribution >= 4 is 17.4 Å². The summed E-state index contributed by atoms with van der Waals surface area (Å²) in [6, 6.07) is 0.211. The van der Waals surface area contributed by atoms with Crippen LogP contribution in [-0.2, 0) is 5.41 Å². The minimum absolute atomic E-state index is 0.137. The van der Waals surface area contributed by atoms with Gasteiger partial charge in [-0.15, -0.1) is 12.3 Å². The number of hydrogen-bond acceptors (Lipinski definition) is 3. The minimum atomic E-state index is -0.137. The number of halogens is 1. The first-order valence-corrected chi connectivity index (χ1v) is 6.92. The van der Waals surface area contributed by atoms with Crippen LogP contribution in [0.1, 0.15) is 51.9 Å². The molecule has 1 unspecified atom stereocenters. The van der Waals surface area contributed by atoms with Crippen LogP contribution in [-0.4, -0.2) is 16.0 Å². The van der Waals surface area contributed by atoms with Crippen molar-refractivity contribution in [1.29, 1.82) is 0 Å². The van der Waals surface area contributed by atoms with Gasteiger partial charge in [0.15, 0.2) is 0 Å². The van der Waals surface area contributed by atoms with Gasteiger partial charge in [0, 0.05) is 23.4 Å². The van der Waals surface area contributed by atoms with Gasteiger partial charge in [0.25, 0.3) is 0 Å². The molecule has 4 heteroatoms. The van der Waals surface area contributed by atoms with E-state index in [2.05, 4.69) is 48.9 Å². The van der Waals surface area contributed by atoms with Crippen molar-refractivity contribution in [3.8, 4) is 12.3 Å². The van der Waals surface area contributed by atoms with E-state index in [4.69, 9.17) is 18.0 Å². The van der Waals surface area contributed by atoms with Crippen LogP contribution in [0.2, 0.25) is 5.15 Å². The van der Waals surface area contributed by atoms with Gasteiger partial charge in [0.05, 0.1) is 0 Å². The lowest BCUT2D eigenvalue weighted by atomic mass is 9.95. The van der Waals surface area contributed by atoms with E-state index < -0.39 is 0 Å². The number of aromatic nitrogens is 2. The van der Waals surface area contributed by atoms with Crippen LogP contribution in [0.25, 0.3) is 0 Å². The van der Waals surface area contributed by atoms with Crippen LogP contribution < -0.4 is 5.32 Å². The highest BCUT2D eigenvalue weighted by molar-refractivity contribution is 6.30. The van der Waals surface area contributed by atoms with E-state index >= 15 is 0 Å². The highest BCUT2D eigenvalue weighted by Crippen LogP contribution is 2.26. The van der Waals surface area contributed by atoms with Gasteiger partial charge in [0.1, 0.15) is 16.8 Å². The van der Waals surface area contributed by atoms with E-state index in [1.807, 2.05) is 6.92 Å². The van der Waals surface area contributed by atoms with E-state index in [-0.39, 0.29) is 11.5 Å². The van der Waals surface area contributed by atoms with E-state index in [0.717, 1.165) is 23.6 Å². The van der Waals surface area contributed by atoms with E-state index in [9.17, 15) is 0 Å². The molecule has 1 atom stereocenters. The largest absolute Gasteiger partial charge is 0.366 e. The average Bonchev–Trinajstić information content (AvgIpc) is 2.32. The molecule has 0 saturated carbocycles. The third-order valence-electron chi connectivity index (χ3n) is 2.96. The second-order valence-electron chi connectivity index (χ2n) is 5.72. The summed E-state index contributed by atoms with van der Waals surface area (Å²) >= 11 is 6.20. The molecular weight excluding hydrogens is 258 g/mol. The molecule has 0 aliphatic heterocycles. The Morgan fingerprint density at radius 1 is 1.37 bits per heavy atom. The molecule has 0 radical (unpaired) electrons. The van der Waals surface area contributed by atoms with Crippen molar-refractivity contribution in [3.05, 3.63) is 16.5 Å². The summed E-state index contributed by atoms with van der Waals surface area (Å²) in [5.74, 6) is 4.20. The Bertz CT molecular complexity index is 483. The molecule has 0 aliphatic carbocycles. The Hall–Kier alpha value is -1.27. The maximum Gasteiger partial charge on any atom is 0.137 e. The summed E-state index contributed by atoms with van der Waals surface area (Å²) in [4.78, 5) is 8.96. The van der Waals surface area contributed by atoms with Gasteiger partial charge in [-0.3, -0.25) is 0 Å². The third-order valence-corrected chi connectivity index (χ3v) is 3.32. The maximum atomic E-state index is 6.20. The third kappa shape index (κ3) is 4.11. The average molecular weight is 280 g/mol. The van der Waals surface area contributed by atoms with Crippen molar-refractivity contribution in [3.63, 3.8) is 0 Å². The highest BCUT2D eigenvalue weighted by atomic mass is 35.5. The number of terminal acetylenes is 1. The van der Waals surface area contributed by atoms with Crippen LogP contribution >= 0.6 is 11.6 Å². The number of hydrogen-bond donors (Lipinski definition) is 1. The molecular formula is C15H22ClN3. The number of anilines is 1. The lowest BCUT2D eigenvalue weighted by Gasteiger charge is -2.22. The van der Waals surface area contributed by atoms with Gasteiger partial charge >= 0.3 is 0 Å². The molecule has 1 aromatic heterocycles. The minimum Gasteiger partial charge on any atom is -0.366 e. The molecule has 19 heavy (non-hydrogen) atoms. The van der Waals surface area contributed by atoms with Crippen molar-refractivity contribution in [2.45, 2.75) is 58.9 Å². The summed E-state index contributed by atoms with van der Waals surface area (Å²) < 4.78 is 0. The molecule has 0 fully saturated rings. The van der Waals surface area contributed by atoms with Crippen LogP contribution in [0.4, 0.5) is 5.82 Å². The van der Waals surface area contributed by atoms with Gasteiger partial charge < -0.3 is 5.32 Å². The molecule has 0 aromatic carbocycles. The van der Waals surface area contributed by atoms with Crippen LogP contribution in [0.15, 0.2) is 0 Å². The lowest BCUT2D eigenvalue weighted by Crippen LogP contribution is -2.23. The van der Waals surface area contributed by atoms with Crippen molar-refractivity contribution < 1.29 is 0 Å². The normalized spacial score (nSPS) is 12.9. The zero-order valence-corrected chi connectivity index (χ0v) is 13.1. The Labute approximate surface area is 121 Å². The summed E-state index contributed by atoms with van der Waals surface area (Å²) in [7, 11) is 0. The zero-order chi connectivity index (χ0) is 14.6. The highest BCUT2D eigenvalue weighted by Gasteiger charge is 2.21. The summed E-state index contributed by atoms with van der Waals surface area (Å²) in [6.07, 6.45) is 6.99. The fourth-order valence-electron chi connectivity index (χ4n) is 1.60. The Balaban J connectivity index is 3.13. The Kier molecular flexibility index (Phi) is 5.20. The van der Waals surface area contributed by atoms with E-state index in [0.29, 0.717) is 11.6 Å². The molecule has 0 aliphatic rings. The SMILES string of the molecule is C#CCC(CC)Nc1nc(C(C)(C)C)nc(Cl)c1C. The first-order valence-electron chi connectivity index (χ1n) is 6.54. The monoisotopic (exact) mass is 279 g/mol. The van der Waals surface area contributed by atoms with Gasteiger partial charge in [-0.25, -0.2) is 9.97 Å². The first-order chi connectivity index (χ1) is 8.79. The van der Waals surface area contributed by atoms with Crippen molar-refractivity contribution in [1.82, 2.24) is 9.97 Å². The fourth-order valence-corrected chi connectivity index (χ4v) is 1.77. The van der Waals surface area contributed by atoms with Gasteiger partial charge in [-0.05, 0) is 13.3 Å². The molecule has 1 heterocycles. The number of rotatable bonds is 4. The topological polar surface area (TPSA) is 37.8 Å². The molecule has 1 aromatic rings. The molecule has 0 amide bonds. The van der Waals surface area contributed by atoms with Gasteiger partial charge in [0.2, 0.25) is 0 Å².